The van der Waals surface area contributed by atoms with E-state index in [2.05, 4.69) is 5.43 Å². The molecule has 0 amide bonds. The van der Waals surface area contributed by atoms with Crippen LogP contribution >= 0.6 is 12.2 Å². The Kier molecular flexibility index (Phi) is 3.05. The van der Waals surface area contributed by atoms with Crippen LogP contribution in [0.1, 0.15) is 5.56 Å². The quantitative estimate of drug-likeness (QED) is 0.608. The summed E-state index contributed by atoms with van der Waals surface area (Å²) in [5, 5.41) is 0. The van der Waals surface area contributed by atoms with Gasteiger partial charge in [-0.3, -0.25) is 0 Å². The van der Waals surface area contributed by atoms with Crippen molar-refractivity contribution in [3.63, 3.8) is 0 Å². The predicted octanol–water partition coefficient (Wildman–Crippen LogP) is 1.89. The summed E-state index contributed by atoms with van der Waals surface area (Å²) in [6, 6.07) is 15.7. The van der Waals surface area contributed by atoms with Gasteiger partial charge in [-0.2, -0.15) is 0 Å². The topological polar surface area (TPSA) is 15.9 Å². The van der Waals surface area contributed by atoms with E-state index in [4.69, 9.17) is 12.2 Å². The third-order valence-corrected chi connectivity index (χ3v) is 2.31. The average Bonchev–Trinajstić information content (AvgIpc) is 2.31. The molecule has 0 spiro atoms. The monoisotopic (exact) mass is 215 g/mol. The van der Waals surface area contributed by atoms with Gasteiger partial charge in [0.05, 0.1) is 0 Å². The van der Waals surface area contributed by atoms with E-state index >= 15 is 0 Å². The molecule has 0 aliphatic heterocycles. The van der Waals surface area contributed by atoms with Crippen molar-refractivity contribution < 1.29 is 4.68 Å². The van der Waals surface area contributed by atoms with E-state index in [9.17, 15) is 0 Å². The van der Waals surface area contributed by atoms with Crippen molar-refractivity contribution in [3.05, 3.63) is 66.5 Å². The van der Waals surface area contributed by atoms with Crippen LogP contribution in [-0.4, -0.2) is 4.99 Å². The minimum atomic E-state index is 0.715. The highest BCUT2D eigenvalue weighted by Crippen LogP contribution is 1.98. The molecule has 1 aromatic carbocycles. The highest BCUT2D eigenvalue weighted by Gasteiger charge is 2.04. The molecular weight excluding hydrogens is 204 g/mol. The van der Waals surface area contributed by atoms with Gasteiger partial charge in [-0.15, -0.1) is 5.43 Å². The molecule has 0 atom stereocenters. The summed E-state index contributed by atoms with van der Waals surface area (Å²) in [6.07, 6.45) is 3.82. The highest BCUT2D eigenvalue weighted by molar-refractivity contribution is 7.81. The van der Waals surface area contributed by atoms with Gasteiger partial charge in [0.1, 0.15) is 0 Å². The van der Waals surface area contributed by atoms with Crippen LogP contribution in [0.15, 0.2) is 60.9 Å². The molecule has 0 radical (unpaired) electrons. The molecule has 0 unspecified atom stereocenters. The van der Waals surface area contributed by atoms with Gasteiger partial charge in [0.2, 0.25) is 0 Å². The van der Waals surface area contributed by atoms with Gasteiger partial charge in [0.15, 0.2) is 17.4 Å². The third kappa shape index (κ3) is 2.60. The third-order valence-electron chi connectivity index (χ3n) is 1.98. The van der Waals surface area contributed by atoms with E-state index < -0.39 is 0 Å². The number of rotatable bonds is 2. The number of benzene rings is 1. The molecule has 15 heavy (non-hydrogen) atoms. The molecule has 2 aromatic rings. The summed E-state index contributed by atoms with van der Waals surface area (Å²) in [5.41, 5.74) is 4.12. The lowest BCUT2D eigenvalue weighted by molar-refractivity contribution is -0.639. The second-order valence-electron chi connectivity index (χ2n) is 3.09. The van der Waals surface area contributed by atoms with Gasteiger partial charge < -0.3 is 0 Å². The second kappa shape index (κ2) is 4.66. The highest BCUT2D eigenvalue weighted by atomic mass is 32.1. The molecule has 0 fully saturated rings. The predicted molar refractivity (Wildman–Crippen MR) is 64.1 cm³/mol. The summed E-state index contributed by atoms with van der Waals surface area (Å²) in [4.78, 5) is 0.715. The Morgan fingerprint density at radius 3 is 2.20 bits per heavy atom. The van der Waals surface area contributed by atoms with E-state index in [-0.39, 0.29) is 0 Å². The van der Waals surface area contributed by atoms with Crippen LogP contribution in [0.2, 0.25) is 0 Å². The first-order valence-electron chi connectivity index (χ1n) is 4.69. The minimum Gasteiger partial charge on any atom is -0.149 e. The van der Waals surface area contributed by atoms with Crippen molar-refractivity contribution in [2.75, 3.05) is 5.43 Å². The molecule has 74 valence electrons. The number of nitrogens with zero attached hydrogens (tertiary/aromatic N) is 1. The number of hydrogen-bond donors (Lipinski definition) is 1. The Hall–Kier alpha value is -1.74. The first kappa shape index (κ1) is 9.80. The molecule has 3 heteroatoms. The van der Waals surface area contributed by atoms with Crippen molar-refractivity contribution >= 4 is 17.2 Å². The Bertz CT molecular complexity index is 440. The largest absolute Gasteiger partial charge is 0.199 e. The summed E-state index contributed by atoms with van der Waals surface area (Å²) in [7, 11) is 0. The molecule has 1 N–H and O–H groups in total. The van der Waals surface area contributed by atoms with Crippen LogP contribution in [-0.2, 0) is 0 Å². The number of hydrogen-bond acceptors (Lipinski definition) is 1. The van der Waals surface area contributed by atoms with Gasteiger partial charge in [0, 0.05) is 17.7 Å². The second-order valence-corrected chi connectivity index (χ2v) is 3.50. The van der Waals surface area contributed by atoms with Gasteiger partial charge in [0.25, 0.3) is 0 Å². The van der Waals surface area contributed by atoms with Crippen molar-refractivity contribution in [3.8, 4) is 0 Å². The Balaban J connectivity index is 2.12. The van der Waals surface area contributed by atoms with Gasteiger partial charge in [-0.25, -0.2) is 0 Å². The van der Waals surface area contributed by atoms with E-state index in [1.165, 1.54) is 0 Å². The normalized spacial score (nSPS) is 9.60. The summed E-state index contributed by atoms with van der Waals surface area (Å²) in [6.45, 7) is 0. The van der Waals surface area contributed by atoms with Crippen LogP contribution in [0, 0.1) is 0 Å². The average molecular weight is 215 g/mol. The summed E-state index contributed by atoms with van der Waals surface area (Å²) in [5.74, 6) is 0. The lowest BCUT2D eigenvalue weighted by Crippen LogP contribution is -2.47. The summed E-state index contributed by atoms with van der Waals surface area (Å²) >= 11 is 5.27. The molecule has 0 aliphatic rings. The van der Waals surface area contributed by atoms with Crippen molar-refractivity contribution in [1.29, 1.82) is 0 Å². The lowest BCUT2D eigenvalue weighted by atomic mass is 10.2. The fraction of sp³-hybridized carbons (Fsp3) is 0. The molecule has 0 saturated heterocycles. The fourth-order valence-corrected chi connectivity index (χ4v) is 1.49. The van der Waals surface area contributed by atoms with E-state index in [1.807, 2.05) is 65.6 Å². The maximum Gasteiger partial charge on any atom is 0.199 e. The maximum atomic E-state index is 5.27. The van der Waals surface area contributed by atoms with Crippen LogP contribution in [0.25, 0.3) is 0 Å². The van der Waals surface area contributed by atoms with Crippen LogP contribution in [0.5, 0.6) is 0 Å². The van der Waals surface area contributed by atoms with Gasteiger partial charge in [-0.05, 0) is 0 Å². The summed E-state index contributed by atoms with van der Waals surface area (Å²) < 4.78 is 1.83. The first-order valence-corrected chi connectivity index (χ1v) is 5.10. The van der Waals surface area contributed by atoms with Crippen molar-refractivity contribution in [1.82, 2.24) is 0 Å². The Morgan fingerprint density at radius 2 is 1.53 bits per heavy atom. The zero-order valence-electron chi connectivity index (χ0n) is 8.13. The Morgan fingerprint density at radius 1 is 0.933 bits per heavy atom. The van der Waals surface area contributed by atoms with Crippen molar-refractivity contribution in [2.45, 2.75) is 0 Å². The first-order chi connectivity index (χ1) is 7.36. The zero-order valence-corrected chi connectivity index (χ0v) is 8.95. The van der Waals surface area contributed by atoms with Gasteiger partial charge >= 0.3 is 0 Å². The molecule has 0 aliphatic carbocycles. The minimum absolute atomic E-state index is 0.715. The van der Waals surface area contributed by atoms with Gasteiger partial charge in [-0.1, -0.05) is 53.3 Å². The number of pyridine rings is 1. The number of aromatic nitrogens is 1. The molecule has 2 nitrogen and oxygen atoms in total. The molecule has 1 heterocycles. The fourth-order valence-electron chi connectivity index (χ4n) is 1.24. The number of thiocarbonyl (C=S) groups is 1. The Labute approximate surface area is 94.2 Å². The zero-order chi connectivity index (χ0) is 10.5. The molecule has 2 rings (SSSR count). The molecule has 1 aromatic heterocycles. The van der Waals surface area contributed by atoms with E-state index in [0.29, 0.717) is 4.99 Å². The SMILES string of the molecule is S=C(N[n+]1ccccc1)c1ccccc1. The van der Waals surface area contributed by atoms with Crippen LogP contribution in [0.4, 0.5) is 0 Å². The van der Waals surface area contributed by atoms with Crippen LogP contribution < -0.4 is 10.1 Å². The van der Waals surface area contributed by atoms with Crippen molar-refractivity contribution in [2.24, 2.45) is 0 Å². The smallest absolute Gasteiger partial charge is 0.149 e. The molecule has 0 saturated carbocycles. The van der Waals surface area contributed by atoms with E-state index in [1.54, 1.807) is 0 Å². The standard InChI is InChI=1S/C12H10N2S/c15-12(11-7-3-1-4-8-11)13-14-9-5-2-6-10-14/h1-10H/p+1. The molecule has 0 bridgehead atoms. The lowest BCUT2D eigenvalue weighted by Gasteiger charge is -2.01. The van der Waals surface area contributed by atoms with Crippen LogP contribution in [0.3, 0.4) is 0 Å². The van der Waals surface area contributed by atoms with E-state index in [0.717, 1.165) is 5.56 Å². The molecular formula is C12H11N2S+. The maximum absolute atomic E-state index is 5.27. The number of nitrogens with one attached hydrogen (secondary N) is 1.